The summed E-state index contributed by atoms with van der Waals surface area (Å²) in [5, 5.41) is 18.9. The maximum atomic E-state index is 10.0. The van der Waals surface area contributed by atoms with Gasteiger partial charge in [-0.25, -0.2) is 0 Å². The summed E-state index contributed by atoms with van der Waals surface area (Å²) in [5.74, 6) is -1.09. The van der Waals surface area contributed by atoms with Crippen LogP contribution in [0.4, 0.5) is 0 Å². The molecule has 0 radical (unpaired) electrons. The Balaban J connectivity index is 3.54. The Hall–Kier alpha value is -0.650. The number of aliphatic hydroxyl groups is 1. The number of nitrogens with one attached hydrogen (secondary N) is 1. The van der Waals surface area contributed by atoms with Crippen LogP contribution >= 0.6 is 0 Å². The molecule has 0 aliphatic carbocycles. The van der Waals surface area contributed by atoms with E-state index in [-0.39, 0.29) is 6.67 Å². The first-order valence-corrected chi connectivity index (χ1v) is 2.49. The summed E-state index contributed by atoms with van der Waals surface area (Å²) in [7, 11) is 0. The standard InChI is InChI=1S/C4H10N2O3/c5-2-6-3(1-7)4(8)9/h3,6-7H,1-2,5H2,(H,8,9). The molecule has 0 aromatic heterocycles. The molecule has 54 valence electrons. The molecule has 0 amide bonds. The van der Waals surface area contributed by atoms with Crippen molar-refractivity contribution in [3.63, 3.8) is 0 Å². The lowest BCUT2D eigenvalue weighted by Crippen LogP contribution is -2.42. The van der Waals surface area contributed by atoms with Gasteiger partial charge in [-0.3, -0.25) is 10.1 Å². The van der Waals surface area contributed by atoms with Crippen LogP contribution in [0.3, 0.4) is 0 Å². The van der Waals surface area contributed by atoms with Gasteiger partial charge in [0.15, 0.2) is 0 Å². The van der Waals surface area contributed by atoms with E-state index >= 15 is 0 Å². The highest BCUT2D eigenvalue weighted by Gasteiger charge is 2.12. The van der Waals surface area contributed by atoms with Crippen LogP contribution in [-0.4, -0.2) is 35.5 Å². The van der Waals surface area contributed by atoms with E-state index in [9.17, 15) is 4.79 Å². The second-order valence-corrected chi connectivity index (χ2v) is 1.48. The van der Waals surface area contributed by atoms with E-state index in [1.807, 2.05) is 0 Å². The molecule has 5 N–H and O–H groups in total. The molecule has 0 aliphatic rings. The predicted molar refractivity (Wildman–Crippen MR) is 30.7 cm³/mol. The third kappa shape index (κ3) is 3.02. The normalized spacial score (nSPS) is 13.1. The van der Waals surface area contributed by atoms with E-state index in [2.05, 4.69) is 5.32 Å². The fourth-order valence-corrected chi connectivity index (χ4v) is 0.372. The Kier molecular flexibility index (Phi) is 3.94. The van der Waals surface area contributed by atoms with Gasteiger partial charge in [-0.1, -0.05) is 0 Å². The fourth-order valence-electron chi connectivity index (χ4n) is 0.372. The number of carbonyl (C=O) groups is 1. The van der Waals surface area contributed by atoms with Gasteiger partial charge in [-0.15, -0.1) is 0 Å². The SMILES string of the molecule is NCNC(CO)C(=O)O. The summed E-state index contributed by atoms with van der Waals surface area (Å²) in [5.41, 5.74) is 4.96. The van der Waals surface area contributed by atoms with Crippen molar-refractivity contribution in [2.75, 3.05) is 13.3 Å². The summed E-state index contributed by atoms with van der Waals surface area (Å²) < 4.78 is 0. The molecule has 1 atom stereocenters. The van der Waals surface area contributed by atoms with E-state index in [0.29, 0.717) is 0 Å². The topological polar surface area (TPSA) is 95.6 Å². The number of nitrogens with two attached hydrogens (primary N) is 1. The molecule has 0 aromatic rings. The van der Waals surface area contributed by atoms with Gasteiger partial charge in [0.05, 0.1) is 6.61 Å². The average molecular weight is 134 g/mol. The highest BCUT2D eigenvalue weighted by Crippen LogP contribution is 1.77. The van der Waals surface area contributed by atoms with Gasteiger partial charge < -0.3 is 15.9 Å². The van der Waals surface area contributed by atoms with Crippen molar-refractivity contribution in [3.05, 3.63) is 0 Å². The van der Waals surface area contributed by atoms with Crippen molar-refractivity contribution in [3.8, 4) is 0 Å². The molecule has 0 saturated carbocycles. The molecule has 0 spiro atoms. The number of carboxylic acids is 1. The number of aliphatic carboxylic acids is 1. The van der Waals surface area contributed by atoms with E-state index < -0.39 is 18.6 Å². The third-order valence-corrected chi connectivity index (χ3v) is 0.845. The summed E-state index contributed by atoms with van der Waals surface area (Å²) in [4.78, 5) is 10.0. The predicted octanol–water partition coefficient (Wildman–Crippen LogP) is -2.06. The van der Waals surface area contributed by atoms with Crippen LogP contribution < -0.4 is 11.1 Å². The zero-order valence-electron chi connectivity index (χ0n) is 4.87. The number of hydrogen-bond donors (Lipinski definition) is 4. The minimum Gasteiger partial charge on any atom is -0.480 e. The van der Waals surface area contributed by atoms with Crippen LogP contribution in [0.15, 0.2) is 0 Å². The minimum atomic E-state index is -1.09. The summed E-state index contributed by atoms with van der Waals surface area (Å²) in [6.45, 7) is -0.385. The van der Waals surface area contributed by atoms with Crippen LogP contribution in [0.1, 0.15) is 0 Å². The van der Waals surface area contributed by atoms with Crippen molar-refractivity contribution in [1.82, 2.24) is 5.32 Å². The van der Waals surface area contributed by atoms with Gasteiger partial charge in [0.25, 0.3) is 0 Å². The molecular formula is C4H10N2O3. The Morgan fingerprint density at radius 2 is 2.33 bits per heavy atom. The van der Waals surface area contributed by atoms with Crippen LogP contribution in [0.2, 0.25) is 0 Å². The third-order valence-electron chi connectivity index (χ3n) is 0.845. The van der Waals surface area contributed by atoms with E-state index in [0.717, 1.165) is 0 Å². The first kappa shape index (κ1) is 8.35. The molecule has 0 rings (SSSR count). The summed E-state index contributed by atoms with van der Waals surface area (Å²) in [6, 6.07) is -0.935. The van der Waals surface area contributed by atoms with Gasteiger partial charge in [-0.05, 0) is 0 Å². The number of hydrogen-bond acceptors (Lipinski definition) is 4. The van der Waals surface area contributed by atoms with Gasteiger partial charge >= 0.3 is 5.97 Å². The van der Waals surface area contributed by atoms with Gasteiger partial charge in [0.2, 0.25) is 0 Å². The van der Waals surface area contributed by atoms with Crippen LogP contribution in [0.25, 0.3) is 0 Å². The van der Waals surface area contributed by atoms with E-state index in [1.54, 1.807) is 0 Å². The van der Waals surface area contributed by atoms with E-state index in [4.69, 9.17) is 15.9 Å². The molecule has 5 heteroatoms. The second kappa shape index (κ2) is 4.25. The van der Waals surface area contributed by atoms with Crippen molar-refractivity contribution in [2.24, 2.45) is 5.73 Å². The average Bonchev–Trinajstić information content (AvgIpc) is 1.82. The molecule has 1 unspecified atom stereocenters. The van der Waals surface area contributed by atoms with Crippen molar-refractivity contribution in [1.29, 1.82) is 0 Å². The first-order chi connectivity index (χ1) is 4.22. The first-order valence-electron chi connectivity index (χ1n) is 2.49. The molecule has 9 heavy (non-hydrogen) atoms. The van der Waals surface area contributed by atoms with Crippen LogP contribution in [-0.2, 0) is 4.79 Å². The van der Waals surface area contributed by atoms with Crippen molar-refractivity contribution >= 4 is 5.97 Å². The monoisotopic (exact) mass is 134 g/mol. The van der Waals surface area contributed by atoms with Crippen molar-refractivity contribution in [2.45, 2.75) is 6.04 Å². The Labute approximate surface area is 52.5 Å². The minimum absolute atomic E-state index is 0.0531. The van der Waals surface area contributed by atoms with Crippen molar-refractivity contribution < 1.29 is 15.0 Å². The molecule has 0 aromatic carbocycles. The fraction of sp³-hybridized carbons (Fsp3) is 0.750. The molecule has 0 heterocycles. The number of aliphatic hydroxyl groups excluding tert-OH is 1. The molecule has 0 aliphatic heterocycles. The Morgan fingerprint density at radius 3 is 2.44 bits per heavy atom. The maximum absolute atomic E-state index is 10.0. The second-order valence-electron chi connectivity index (χ2n) is 1.48. The molecular weight excluding hydrogens is 124 g/mol. The molecule has 0 bridgehead atoms. The quantitative estimate of drug-likeness (QED) is 0.331. The lowest BCUT2D eigenvalue weighted by atomic mass is 10.3. The van der Waals surface area contributed by atoms with E-state index in [1.165, 1.54) is 0 Å². The largest absolute Gasteiger partial charge is 0.480 e. The number of carboxylic acid groups (broad SMARTS) is 1. The smallest absolute Gasteiger partial charge is 0.323 e. The number of rotatable bonds is 4. The zero-order valence-corrected chi connectivity index (χ0v) is 4.87. The Bertz CT molecular complexity index is 95.8. The van der Waals surface area contributed by atoms with Gasteiger partial charge in [-0.2, -0.15) is 0 Å². The van der Waals surface area contributed by atoms with Crippen LogP contribution in [0, 0.1) is 0 Å². The van der Waals surface area contributed by atoms with Crippen LogP contribution in [0.5, 0.6) is 0 Å². The van der Waals surface area contributed by atoms with Gasteiger partial charge in [0.1, 0.15) is 6.04 Å². The Morgan fingerprint density at radius 1 is 1.78 bits per heavy atom. The zero-order chi connectivity index (χ0) is 7.28. The lowest BCUT2D eigenvalue weighted by Gasteiger charge is -2.07. The molecule has 5 nitrogen and oxygen atoms in total. The van der Waals surface area contributed by atoms with Gasteiger partial charge in [0, 0.05) is 6.67 Å². The highest BCUT2D eigenvalue weighted by atomic mass is 16.4. The highest BCUT2D eigenvalue weighted by molar-refractivity contribution is 5.73. The summed E-state index contributed by atoms with van der Waals surface area (Å²) in [6.07, 6.45) is 0. The summed E-state index contributed by atoms with van der Waals surface area (Å²) >= 11 is 0. The molecule has 0 fully saturated rings. The maximum Gasteiger partial charge on any atom is 0.323 e. The molecule has 0 saturated heterocycles. The lowest BCUT2D eigenvalue weighted by molar-refractivity contribution is -0.140.